The second kappa shape index (κ2) is 12.5. The lowest BCUT2D eigenvalue weighted by Crippen LogP contribution is -2.61. The standard InChI is InChI=1S/C29H34O15/c1-10-21(34)23(36)25(38)29(41-10)44-28-24(37)22(35)18(9-30)43-27(28)20-17(40-3)8-14(33)19-13(32)7-16(42-26(19)20)11-4-5-15(39-2)12(31)6-11/h4-8,10,18,21-25,27-31,33-38H,9H2,1-3H3/t10-,18+,21-,22+,23+,24-,25+,27-,28+,29-/m0/s1. The zero-order valence-electron chi connectivity index (χ0n) is 23.8. The van der Waals surface area contributed by atoms with Crippen LogP contribution in [0.15, 0.2) is 39.5 Å². The van der Waals surface area contributed by atoms with Crippen LogP contribution in [0.4, 0.5) is 0 Å². The normalized spacial score (nSPS) is 32.5. The van der Waals surface area contributed by atoms with Crippen LogP contribution in [-0.2, 0) is 14.2 Å². The summed E-state index contributed by atoms with van der Waals surface area (Å²) in [7, 11) is 2.61. The third kappa shape index (κ3) is 5.47. The quantitative estimate of drug-likeness (QED) is 0.162. The molecule has 1 aromatic heterocycles. The van der Waals surface area contributed by atoms with E-state index < -0.39 is 79.0 Å². The van der Waals surface area contributed by atoms with Crippen molar-refractivity contribution < 1.29 is 69.0 Å². The number of aliphatic hydroxyl groups is 6. The Hall–Kier alpha value is -3.51. The Morgan fingerprint density at radius 2 is 1.52 bits per heavy atom. The van der Waals surface area contributed by atoms with Crippen LogP contribution in [0, 0.1) is 0 Å². The van der Waals surface area contributed by atoms with E-state index in [0.717, 1.165) is 12.1 Å². The molecule has 15 nitrogen and oxygen atoms in total. The van der Waals surface area contributed by atoms with Gasteiger partial charge in [0.1, 0.15) is 71.5 Å². The lowest BCUT2D eigenvalue weighted by molar-refractivity contribution is -0.338. The molecule has 0 amide bonds. The van der Waals surface area contributed by atoms with E-state index in [9.17, 15) is 45.6 Å². The Morgan fingerprint density at radius 3 is 2.16 bits per heavy atom. The van der Waals surface area contributed by atoms with Crippen LogP contribution >= 0.6 is 0 Å². The molecule has 5 rings (SSSR count). The summed E-state index contributed by atoms with van der Waals surface area (Å²) in [6.45, 7) is 0.659. The highest BCUT2D eigenvalue weighted by Gasteiger charge is 2.51. The molecule has 0 bridgehead atoms. The van der Waals surface area contributed by atoms with Crippen molar-refractivity contribution in [3.8, 4) is 34.3 Å². The first-order chi connectivity index (χ1) is 20.9. The third-order valence-corrected chi connectivity index (χ3v) is 7.92. The molecule has 2 aliphatic rings. The van der Waals surface area contributed by atoms with Crippen LogP contribution in [-0.4, -0.2) is 117 Å². The summed E-state index contributed by atoms with van der Waals surface area (Å²) < 4.78 is 34.1. The minimum absolute atomic E-state index is 0.0566. The summed E-state index contributed by atoms with van der Waals surface area (Å²) in [5.41, 5.74) is -0.836. The van der Waals surface area contributed by atoms with Gasteiger partial charge in [-0.2, -0.15) is 0 Å². The fourth-order valence-electron chi connectivity index (χ4n) is 5.49. The zero-order valence-corrected chi connectivity index (χ0v) is 23.8. The van der Waals surface area contributed by atoms with Gasteiger partial charge in [-0.25, -0.2) is 0 Å². The lowest BCUT2D eigenvalue weighted by Gasteiger charge is -2.46. The van der Waals surface area contributed by atoms with Crippen LogP contribution in [0.2, 0.25) is 0 Å². The van der Waals surface area contributed by atoms with E-state index in [1.807, 2.05) is 0 Å². The first-order valence-corrected chi connectivity index (χ1v) is 13.6. The highest BCUT2D eigenvalue weighted by atomic mass is 16.7. The summed E-state index contributed by atoms with van der Waals surface area (Å²) in [5, 5.41) is 83.7. The van der Waals surface area contributed by atoms with Gasteiger partial charge in [0.2, 0.25) is 0 Å². The van der Waals surface area contributed by atoms with E-state index in [-0.39, 0.29) is 45.1 Å². The Kier molecular flexibility index (Phi) is 9.04. The third-order valence-electron chi connectivity index (χ3n) is 7.92. The number of methoxy groups -OCH3 is 2. The van der Waals surface area contributed by atoms with Gasteiger partial charge in [-0.15, -0.1) is 0 Å². The van der Waals surface area contributed by atoms with Crippen LogP contribution in [0.25, 0.3) is 22.3 Å². The monoisotopic (exact) mass is 622 g/mol. The number of hydrogen-bond donors (Lipinski definition) is 8. The maximum Gasteiger partial charge on any atom is 0.197 e. The second-order valence-electron chi connectivity index (χ2n) is 10.6. The molecule has 0 spiro atoms. The molecule has 44 heavy (non-hydrogen) atoms. The molecule has 0 radical (unpaired) electrons. The van der Waals surface area contributed by atoms with E-state index >= 15 is 0 Å². The van der Waals surface area contributed by atoms with Crippen molar-refractivity contribution in [3.05, 3.63) is 46.1 Å². The summed E-state index contributed by atoms with van der Waals surface area (Å²) in [6, 6.07) is 6.43. The summed E-state index contributed by atoms with van der Waals surface area (Å²) >= 11 is 0. The zero-order chi connectivity index (χ0) is 32.0. The molecule has 2 saturated heterocycles. The van der Waals surface area contributed by atoms with E-state index in [2.05, 4.69) is 0 Å². The number of rotatable bonds is 7. The molecule has 3 aromatic rings. The number of phenols is 2. The number of hydrogen-bond acceptors (Lipinski definition) is 15. The maximum absolute atomic E-state index is 13.4. The highest BCUT2D eigenvalue weighted by molar-refractivity contribution is 5.89. The summed E-state index contributed by atoms with van der Waals surface area (Å²) in [4.78, 5) is 13.4. The topological polar surface area (TPSA) is 238 Å². The van der Waals surface area contributed by atoms with Gasteiger partial charge in [-0.1, -0.05) is 0 Å². The van der Waals surface area contributed by atoms with Gasteiger partial charge in [-0.3, -0.25) is 4.79 Å². The highest BCUT2D eigenvalue weighted by Crippen LogP contribution is 2.46. The molecular formula is C29H34O15. The van der Waals surface area contributed by atoms with Crippen molar-refractivity contribution in [2.24, 2.45) is 0 Å². The Bertz CT molecular complexity index is 1560. The first-order valence-electron chi connectivity index (χ1n) is 13.6. The smallest absolute Gasteiger partial charge is 0.197 e. The van der Waals surface area contributed by atoms with Crippen LogP contribution in [0.3, 0.4) is 0 Å². The predicted octanol–water partition coefficient (Wildman–Crippen LogP) is -0.745. The molecule has 2 fully saturated rings. The molecular weight excluding hydrogens is 588 g/mol. The van der Waals surface area contributed by atoms with Crippen molar-refractivity contribution in [2.75, 3.05) is 20.8 Å². The van der Waals surface area contributed by atoms with Crippen LogP contribution in [0.5, 0.6) is 23.0 Å². The largest absolute Gasteiger partial charge is 0.507 e. The molecule has 0 unspecified atom stereocenters. The molecule has 2 aromatic carbocycles. The van der Waals surface area contributed by atoms with Gasteiger partial charge in [0.15, 0.2) is 28.8 Å². The van der Waals surface area contributed by atoms with Crippen LogP contribution < -0.4 is 14.9 Å². The van der Waals surface area contributed by atoms with Gasteiger partial charge in [-0.05, 0) is 25.1 Å². The van der Waals surface area contributed by atoms with E-state index in [1.165, 1.54) is 39.3 Å². The Labute approximate surface area is 249 Å². The lowest BCUT2D eigenvalue weighted by atomic mass is 9.89. The van der Waals surface area contributed by atoms with Gasteiger partial charge in [0, 0.05) is 17.7 Å². The molecule has 8 N–H and O–H groups in total. The van der Waals surface area contributed by atoms with Gasteiger partial charge in [0.05, 0.1) is 32.5 Å². The molecule has 15 heteroatoms. The van der Waals surface area contributed by atoms with Crippen molar-refractivity contribution in [3.63, 3.8) is 0 Å². The predicted molar refractivity (Wildman–Crippen MR) is 148 cm³/mol. The van der Waals surface area contributed by atoms with Crippen LogP contribution in [0.1, 0.15) is 18.6 Å². The summed E-state index contributed by atoms with van der Waals surface area (Å²) in [5.74, 6) is -0.780. The molecule has 2 aliphatic heterocycles. The van der Waals surface area contributed by atoms with Gasteiger partial charge >= 0.3 is 0 Å². The number of ether oxygens (including phenoxy) is 5. The fraction of sp³-hybridized carbons (Fsp3) is 0.483. The minimum atomic E-state index is -1.82. The SMILES string of the molecule is COc1ccc(-c2cc(=O)c3c(O)cc(OC)c([C@@H]4O[C@H](CO)[C@@H](O)[C@H](O)[C@H]4O[C@@H]4O[C@@H](C)[C@H](O)[C@@H](O)[C@H]4O)c3o2)cc1O. The average Bonchev–Trinajstić information content (AvgIpc) is 3.00. The molecule has 3 heterocycles. The van der Waals surface area contributed by atoms with Crippen molar-refractivity contribution in [1.82, 2.24) is 0 Å². The van der Waals surface area contributed by atoms with Crippen molar-refractivity contribution >= 4 is 11.0 Å². The number of aromatic hydroxyl groups is 2. The molecule has 0 aliphatic carbocycles. The van der Waals surface area contributed by atoms with Gasteiger partial charge in [0.25, 0.3) is 0 Å². The second-order valence-corrected chi connectivity index (χ2v) is 10.6. The molecule has 10 atom stereocenters. The molecule has 0 saturated carbocycles. The van der Waals surface area contributed by atoms with Crippen molar-refractivity contribution in [1.29, 1.82) is 0 Å². The Morgan fingerprint density at radius 1 is 0.818 bits per heavy atom. The molecule has 240 valence electrons. The van der Waals surface area contributed by atoms with E-state index in [0.29, 0.717) is 0 Å². The Balaban J connectivity index is 1.70. The fourth-order valence-corrected chi connectivity index (χ4v) is 5.49. The first kappa shape index (κ1) is 31.9. The maximum atomic E-state index is 13.4. The summed E-state index contributed by atoms with van der Waals surface area (Å²) in [6.07, 6.45) is -15.7. The average molecular weight is 623 g/mol. The number of aliphatic hydroxyl groups excluding tert-OH is 6. The van der Waals surface area contributed by atoms with E-state index in [1.54, 1.807) is 0 Å². The van der Waals surface area contributed by atoms with Gasteiger partial charge < -0.3 is 69.0 Å². The minimum Gasteiger partial charge on any atom is -0.507 e. The number of fused-ring (bicyclic) bond motifs is 1. The number of benzene rings is 2. The van der Waals surface area contributed by atoms with E-state index in [4.69, 9.17) is 28.1 Å². The number of phenolic OH excluding ortho intramolecular Hbond substituents is 2. The van der Waals surface area contributed by atoms with Crippen molar-refractivity contribution in [2.45, 2.75) is 68.1 Å².